The van der Waals surface area contributed by atoms with Crippen molar-refractivity contribution in [3.63, 3.8) is 0 Å². The van der Waals surface area contributed by atoms with Crippen LogP contribution in [0.1, 0.15) is 49.8 Å². The van der Waals surface area contributed by atoms with Crippen LogP contribution in [0.5, 0.6) is 0 Å². The number of hydrazine groups is 1. The van der Waals surface area contributed by atoms with Gasteiger partial charge in [0, 0.05) is 74.0 Å². The lowest BCUT2D eigenvalue weighted by atomic mass is 10.0. The molecule has 0 fully saturated rings. The van der Waals surface area contributed by atoms with E-state index >= 15 is 0 Å². The van der Waals surface area contributed by atoms with Crippen LogP contribution in [0.15, 0.2) is 91.1 Å². The van der Waals surface area contributed by atoms with Crippen molar-refractivity contribution < 1.29 is 93.3 Å². The van der Waals surface area contributed by atoms with Crippen LogP contribution in [0.25, 0.3) is 10.9 Å². The zero-order valence-corrected chi connectivity index (χ0v) is 55.5. The molecule has 532 valence electrons. The fraction of sp³-hybridized carbons (Fsp3) is 0.492. The van der Waals surface area contributed by atoms with Crippen LogP contribution in [0, 0.1) is 0 Å². The quantitative estimate of drug-likeness (QED) is 0.00878. The lowest BCUT2D eigenvalue weighted by Gasteiger charge is -2.36. The minimum atomic E-state index is -1.81. The predicted molar refractivity (Wildman–Crippen MR) is 358 cm³/mol. The number of aliphatic hydroxyl groups is 3. The number of H-pyrrole nitrogens is 1. The Bertz CT molecular complexity index is 3230. The van der Waals surface area contributed by atoms with Crippen LogP contribution in [-0.4, -0.2) is 276 Å². The largest absolute Gasteiger partial charge is 0.480 e. The molecule has 1 aromatic heterocycles. The molecule has 4 aromatic rings. The molecule has 0 spiro atoms. The van der Waals surface area contributed by atoms with Crippen LogP contribution in [-0.2, 0) is 76.8 Å². The molecule has 4 rings (SSSR count). The van der Waals surface area contributed by atoms with E-state index in [2.05, 4.69) is 67.6 Å². The second-order valence-electron chi connectivity index (χ2n) is 23.0. The first kappa shape index (κ1) is 80.9. The van der Waals surface area contributed by atoms with E-state index < -0.39 is 165 Å². The predicted octanol–water partition coefficient (Wildman–Crippen LogP) is -3.64. The van der Waals surface area contributed by atoms with E-state index in [-0.39, 0.29) is 76.3 Å². The number of thiol groups is 2. The average Bonchev–Trinajstić information content (AvgIpc) is 1.81. The normalized spacial score (nSPS) is 14.5. The second-order valence-corrected chi connectivity index (χ2v) is 23.8. The number of hydrogen-bond donors (Lipinski definition) is 18. The Labute approximate surface area is 570 Å². The first-order valence-electron chi connectivity index (χ1n) is 31.1. The van der Waals surface area contributed by atoms with Gasteiger partial charge in [0.2, 0.25) is 35.4 Å². The smallest absolute Gasteiger partial charge is 0.317 e. The van der Waals surface area contributed by atoms with E-state index in [0.717, 1.165) is 14.8 Å². The molecule has 0 bridgehead atoms. The van der Waals surface area contributed by atoms with Gasteiger partial charge in [0.05, 0.1) is 57.6 Å². The third-order valence-corrected chi connectivity index (χ3v) is 16.0. The maximum Gasteiger partial charge on any atom is 0.317 e. The molecule has 1 heterocycles. The Morgan fingerprint density at radius 3 is 1.45 bits per heavy atom. The van der Waals surface area contributed by atoms with Gasteiger partial charge in [0.25, 0.3) is 5.91 Å². The van der Waals surface area contributed by atoms with Crippen LogP contribution in [0.2, 0.25) is 0 Å². The second kappa shape index (κ2) is 42.2. The van der Waals surface area contributed by atoms with Crippen molar-refractivity contribution in [2.45, 2.75) is 113 Å². The van der Waals surface area contributed by atoms with Crippen LogP contribution >= 0.6 is 25.3 Å². The van der Waals surface area contributed by atoms with Gasteiger partial charge in [-0.05, 0) is 62.4 Å². The van der Waals surface area contributed by atoms with Crippen LogP contribution in [0.3, 0.4) is 0 Å². The Hall–Kier alpha value is -8.58. The number of nitrogens with two attached hydrogens (primary N) is 1. The Kier molecular flexibility index (Phi) is 35.2. The molecular weight excluding hydrogens is 1310 g/mol. The number of aliphatic hydroxyl groups excluding tert-OH is 3. The lowest BCUT2D eigenvalue weighted by molar-refractivity contribution is -0.148. The third-order valence-electron chi connectivity index (χ3n) is 15.3. The van der Waals surface area contributed by atoms with E-state index in [0.29, 0.717) is 40.3 Å². The molecule has 10 atom stereocenters. The minimum Gasteiger partial charge on any atom is -0.480 e. The van der Waals surface area contributed by atoms with Crippen molar-refractivity contribution in [1.82, 2.24) is 62.0 Å². The third kappa shape index (κ3) is 28.2. The number of aromatic amines is 1. The monoisotopic (exact) mass is 1400 g/mol. The summed E-state index contributed by atoms with van der Waals surface area (Å²) in [4.78, 5) is 167. The highest BCUT2D eigenvalue weighted by molar-refractivity contribution is 7.80. The number of carboxylic acids is 4. The molecule has 34 heteroatoms. The summed E-state index contributed by atoms with van der Waals surface area (Å²) in [7, 11) is 0. The Morgan fingerprint density at radius 2 is 0.979 bits per heavy atom. The summed E-state index contributed by atoms with van der Waals surface area (Å²) in [6.07, 6.45) is -1.02. The van der Waals surface area contributed by atoms with Crippen molar-refractivity contribution in [2.24, 2.45) is 5.73 Å². The van der Waals surface area contributed by atoms with Crippen molar-refractivity contribution in [2.75, 3.05) is 83.6 Å². The van der Waals surface area contributed by atoms with Gasteiger partial charge in [-0.2, -0.15) is 25.3 Å². The Balaban J connectivity index is 1.66. The van der Waals surface area contributed by atoms with E-state index in [1.165, 1.54) is 18.7 Å². The number of carboxylic acid groups (broad SMARTS) is 4. The fourth-order valence-corrected chi connectivity index (χ4v) is 10.7. The SMILES string of the molecule is C[C@@H](O)[C@H](NC(=O)[C@H](CCCCN)NC(=O)[C@@H](Cc1c[nH]c2ccccc12)NC(=O)[C@H](Cc1ccccc1)NC(=O)[C@H](CS)NC(=O)[C@@H](Cc1ccccc1)NC(=O)CN(CCN(CCN(CC(=O)O)CC(=O)O)CC(=O)O)CC(=O)O)C(=O)N(N[C@H](CO)[C@@H](C)O)[C@H](C=O)CS. The van der Waals surface area contributed by atoms with Crippen molar-refractivity contribution in [3.05, 3.63) is 108 Å². The summed E-state index contributed by atoms with van der Waals surface area (Å²) in [5.41, 5.74) is 10.7. The van der Waals surface area contributed by atoms with Gasteiger partial charge in [-0.1, -0.05) is 78.9 Å². The number of hydrogen-bond acceptors (Lipinski definition) is 22. The number of nitrogens with one attached hydrogen (secondary N) is 8. The van der Waals surface area contributed by atoms with Crippen molar-refractivity contribution >= 4 is 108 Å². The maximum absolute atomic E-state index is 15.0. The van der Waals surface area contributed by atoms with E-state index in [9.17, 15) is 93.3 Å². The molecule has 0 aliphatic carbocycles. The number of para-hydroxylation sites is 1. The number of nitrogens with zero attached hydrogens (tertiary/aromatic N) is 4. The van der Waals surface area contributed by atoms with Crippen molar-refractivity contribution in [1.29, 1.82) is 0 Å². The Morgan fingerprint density at radius 1 is 0.536 bits per heavy atom. The fourth-order valence-electron chi connectivity index (χ4n) is 10.1. The molecule has 7 amide bonds. The van der Waals surface area contributed by atoms with E-state index in [4.69, 9.17) is 5.73 Å². The highest BCUT2D eigenvalue weighted by Crippen LogP contribution is 2.20. The molecule has 0 aliphatic heterocycles. The topological polar surface area (TPSA) is 485 Å². The molecule has 32 nitrogen and oxygen atoms in total. The number of amides is 7. The van der Waals surface area contributed by atoms with E-state index in [1.54, 1.807) is 91.1 Å². The molecule has 0 saturated heterocycles. The average molecular weight is 1400 g/mol. The molecule has 17 N–H and O–H groups in total. The molecule has 3 aromatic carbocycles. The summed E-state index contributed by atoms with van der Waals surface area (Å²) in [5, 5.41) is 86.5. The van der Waals surface area contributed by atoms with Gasteiger partial charge in [0.15, 0.2) is 0 Å². The number of benzene rings is 3. The number of unbranched alkanes of at least 4 members (excludes halogenated alkanes) is 1. The van der Waals surface area contributed by atoms with Gasteiger partial charge in [0.1, 0.15) is 48.6 Å². The van der Waals surface area contributed by atoms with Gasteiger partial charge < -0.3 is 83.2 Å². The van der Waals surface area contributed by atoms with Gasteiger partial charge in [-0.25, -0.2) is 5.43 Å². The molecule has 0 aliphatic rings. The number of aldehydes is 1. The summed E-state index contributed by atoms with van der Waals surface area (Å²) < 4.78 is 0. The summed E-state index contributed by atoms with van der Waals surface area (Å²) >= 11 is 8.54. The zero-order chi connectivity index (χ0) is 71.7. The number of rotatable bonds is 47. The van der Waals surface area contributed by atoms with Gasteiger partial charge >= 0.3 is 23.9 Å². The van der Waals surface area contributed by atoms with Gasteiger partial charge in [-0.15, -0.1) is 0 Å². The number of carbonyl (C=O) groups excluding carboxylic acids is 8. The zero-order valence-electron chi connectivity index (χ0n) is 53.7. The summed E-state index contributed by atoms with van der Waals surface area (Å²) in [5.74, 6) is -12.7. The number of aromatic nitrogens is 1. The van der Waals surface area contributed by atoms with Crippen LogP contribution < -0.4 is 43.1 Å². The number of carbonyl (C=O) groups is 12. The minimum absolute atomic E-state index is 0.0932. The first-order valence-corrected chi connectivity index (χ1v) is 32.4. The summed E-state index contributed by atoms with van der Waals surface area (Å²) in [6.45, 7) is -2.21. The number of fused-ring (bicyclic) bond motifs is 1. The molecular formula is C63H89N13O19S2. The molecule has 0 radical (unpaired) electrons. The van der Waals surface area contributed by atoms with Crippen LogP contribution in [0.4, 0.5) is 0 Å². The van der Waals surface area contributed by atoms with Crippen molar-refractivity contribution in [3.8, 4) is 0 Å². The molecule has 97 heavy (non-hydrogen) atoms. The van der Waals surface area contributed by atoms with E-state index in [1.807, 2.05) is 0 Å². The molecule has 0 saturated carbocycles. The van der Waals surface area contributed by atoms with Gasteiger partial charge in [-0.3, -0.25) is 72.4 Å². The number of aliphatic carboxylic acids is 4. The highest BCUT2D eigenvalue weighted by atomic mass is 32.1. The maximum atomic E-state index is 15.0. The highest BCUT2D eigenvalue weighted by Gasteiger charge is 2.39. The summed E-state index contributed by atoms with van der Waals surface area (Å²) in [6, 6.07) is 12.0. The standard InChI is InChI=1S/C63H89N13O19S2/c1-38(79)50(35-78)72-76(43(34-77)36-96)63(95)57(39(2)80)71-58(90)46(19-11-12-20-64)67-61(93)49(27-42-28-65-45-18-10-9-17-44(42)45)69-60(92)48(26-41-15-7-4-8-16-41)68-62(94)51(37-97)70-59(91)47(25-40-13-5-3-6-14-40)66-52(81)29-74(31-54(84)85)23-21-73(30-53(82)83)22-24-75(32-55(86)87)33-56(88)89/h3-10,13-18,28,34,38-39,43,46-51,57,65,72,78-80,96-97H,11-12,19-27,29-33,35-37,64H2,1-2H3,(H,66,81)(H,67,93)(H,68,94)(H,69,92)(H,70,91)(H,71,90)(H,82,83)(H,84,85)(H,86,87)(H,88,89)/t38-,39-,43-,46+,47-,48+,49-,50-,51+,57+/m1/s1. The lowest BCUT2D eigenvalue weighted by Crippen LogP contribution is -2.65. The first-order chi connectivity index (χ1) is 46.2. The molecule has 0 unspecified atom stereocenters.